The third-order valence-corrected chi connectivity index (χ3v) is 4.64. The lowest BCUT2D eigenvalue weighted by molar-refractivity contribution is 0.527. The van der Waals surface area contributed by atoms with Gasteiger partial charge in [0.25, 0.3) is 0 Å². The van der Waals surface area contributed by atoms with Gasteiger partial charge in [-0.15, -0.1) is 11.3 Å². The molecule has 1 unspecified atom stereocenters. The van der Waals surface area contributed by atoms with Gasteiger partial charge in [0.05, 0.1) is 5.69 Å². The summed E-state index contributed by atoms with van der Waals surface area (Å²) >= 11 is 1.75. The van der Waals surface area contributed by atoms with Crippen LogP contribution < -0.4 is 10.2 Å². The highest BCUT2D eigenvalue weighted by molar-refractivity contribution is 7.13. The van der Waals surface area contributed by atoms with Gasteiger partial charge in [0, 0.05) is 24.5 Å². The van der Waals surface area contributed by atoms with Crippen LogP contribution in [-0.4, -0.2) is 24.6 Å². The maximum Gasteiger partial charge on any atom is 0.186 e. The molecule has 100 valence electrons. The number of nitrogens with zero attached hydrogens (tertiary/aromatic N) is 2. The van der Waals surface area contributed by atoms with Crippen molar-refractivity contribution >= 4 is 16.5 Å². The normalized spacial score (nSPS) is 18.4. The number of hydrogen-bond acceptors (Lipinski definition) is 4. The predicted octanol–water partition coefficient (Wildman–Crippen LogP) is 2.60. The molecule has 3 nitrogen and oxygen atoms in total. The topological polar surface area (TPSA) is 28.2 Å². The van der Waals surface area contributed by atoms with Gasteiger partial charge < -0.3 is 10.2 Å². The highest BCUT2D eigenvalue weighted by Crippen LogP contribution is 2.30. The molecule has 4 heteroatoms. The van der Waals surface area contributed by atoms with Crippen molar-refractivity contribution in [1.29, 1.82) is 0 Å². The van der Waals surface area contributed by atoms with Crippen LogP contribution in [0.25, 0.3) is 0 Å². The second-order valence-corrected chi connectivity index (χ2v) is 5.92. The van der Waals surface area contributed by atoms with Gasteiger partial charge in [-0.3, -0.25) is 0 Å². The van der Waals surface area contributed by atoms with Crippen molar-refractivity contribution in [2.45, 2.75) is 25.9 Å². The first-order valence-corrected chi connectivity index (χ1v) is 7.56. The molecule has 19 heavy (non-hydrogen) atoms. The predicted molar refractivity (Wildman–Crippen MR) is 80.9 cm³/mol. The number of nitrogens with one attached hydrogen (secondary N) is 1. The summed E-state index contributed by atoms with van der Waals surface area (Å²) < 4.78 is 0. The van der Waals surface area contributed by atoms with Crippen molar-refractivity contribution in [3.8, 4) is 0 Å². The Morgan fingerprint density at radius 2 is 2.16 bits per heavy atom. The van der Waals surface area contributed by atoms with E-state index >= 15 is 0 Å². The summed E-state index contributed by atoms with van der Waals surface area (Å²) in [4.78, 5) is 7.10. The van der Waals surface area contributed by atoms with Crippen molar-refractivity contribution < 1.29 is 0 Å². The highest BCUT2D eigenvalue weighted by atomic mass is 32.1. The van der Waals surface area contributed by atoms with Crippen LogP contribution in [0.1, 0.15) is 16.8 Å². The minimum absolute atomic E-state index is 0.491. The van der Waals surface area contributed by atoms with E-state index in [9.17, 15) is 0 Å². The molecule has 0 saturated carbocycles. The number of likely N-dealkylation sites (N-methyl/N-ethyl adjacent to an activating group) is 1. The maximum atomic E-state index is 4.66. The molecule has 0 spiro atoms. The van der Waals surface area contributed by atoms with Gasteiger partial charge in [-0.2, -0.15) is 0 Å². The molecule has 1 atom stereocenters. The zero-order valence-corrected chi connectivity index (χ0v) is 12.2. The van der Waals surface area contributed by atoms with Crippen LogP contribution in [0.15, 0.2) is 29.6 Å². The molecule has 1 N–H and O–H groups in total. The molecule has 3 rings (SSSR count). The zero-order valence-electron chi connectivity index (χ0n) is 11.4. The number of aryl methyl sites for hydroxylation is 1. The second kappa shape index (κ2) is 5.31. The molecule has 1 aliphatic heterocycles. The lowest BCUT2D eigenvalue weighted by Crippen LogP contribution is -2.45. The molecule has 0 amide bonds. The Kier molecular flexibility index (Phi) is 3.53. The molecule has 1 aliphatic rings. The Balaban J connectivity index is 1.93. The Hall–Kier alpha value is -1.39. The van der Waals surface area contributed by atoms with Gasteiger partial charge in [-0.25, -0.2) is 4.98 Å². The average molecular weight is 273 g/mol. The fourth-order valence-electron chi connectivity index (χ4n) is 2.70. The first-order valence-electron chi connectivity index (χ1n) is 6.68. The fourth-order valence-corrected chi connectivity index (χ4v) is 3.58. The quantitative estimate of drug-likeness (QED) is 0.931. The molecular formula is C15H19N3S. The number of rotatable bonds is 3. The molecule has 2 aromatic rings. The number of aromatic nitrogens is 1. The van der Waals surface area contributed by atoms with Crippen LogP contribution >= 0.6 is 11.3 Å². The summed E-state index contributed by atoms with van der Waals surface area (Å²) in [5.74, 6) is 0. The SMILES string of the molecule is CNCC1Cc2ccccc2CN1c1nc(C)cs1. The smallest absolute Gasteiger partial charge is 0.186 e. The van der Waals surface area contributed by atoms with E-state index in [-0.39, 0.29) is 0 Å². The van der Waals surface area contributed by atoms with E-state index in [1.54, 1.807) is 11.3 Å². The Labute approximate surface area is 118 Å². The lowest BCUT2D eigenvalue weighted by atomic mass is 9.94. The third-order valence-electron chi connectivity index (χ3n) is 3.65. The summed E-state index contributed by atoms with van der Waals surface area (Å²) in [6.45, 7) is 4.02. The standard InChI is InChI=1S/C15H19N3S/c1-11-10-19-15(17-11)18-9-13-6-4-3-5-12(13)7-14(18)8-16-2/h3-6,10,14,16H,7-9H2,1-2H3. The van der Waals surface area contributed by atoms with Gasteiger partial charge >= 0.3 is 0 Å². The number of fused-ring (bicyclic) bond motifs is 1. The van der Waals surface area contributed by atoms with E-state index < -0.39 is 0 Å². The summed E-state index contributed by atoms with van der Waals surface area (Å²) in [5.41, 5.74) is 4.03. The minimum Gasteiger partial charge on any atom is -0.339 e. The summed E-state index contributed by atoms with van der Waals surface area (Å²) in [5, 5.41) is 6.59. The van der Waals surface area contributed by atoms with Crippen LogP contribution in [0.5, 0.6) is 0 Å². The number of hydrogen-bond donors (Lipinski definition) is 1. The summed E-state index contributed by atoms with van der Waals surface area (Å²) in [7, 11) is 2.02. The van der Waals surface area contributed by atoms with Gasteiger partial charge in [-0.1, -0.05) is 24.3 Å². The molecular weight excluding hydrogens is 254 g/mol. The lowest BCUT2D eigenvalue weighted by Gasteiger charge is -2.36. The molecule has 0 radical (unpaired) electrons. The Bertz CT molecular complexity index is 564. The van der Waals surface area contributed by atoms with Crippen molar-refractivity contribution in [2.24, 2.45) is 0 Å². The Morgan fingerprint density at radius 1 is 1.37 bits per heavy atom. The van der Waals surface area contributed by atoms with Crippen molar-refractivity contribution in [3.63, 3.8) is 0 Å². The van der Waals surface area contributed by atoms with Gasteiger partial charge in [0.1, 0.15) is 0 Å². The van der Waals surface area contributed by atoms with Crippen LogP contribution in [0, 0.1) is 6.92 Å². The third kappa shape index (κ3) is 2.51. The van der Waals surface area contributed by atoms with E-state index in [0.717, 1.165) is 30.3 Å². The largest absolute Gasteiger partial charge is 0.339 e. The summed E-state index contributed by atoms with van der Waals surface area (Å²) in [6, 6.07) is 9.24. The number of thiazole rings is 1. The van der Waals surface area contributed by atoms with Crippen molar-refractivity contribution in [1.82, 2.24) is 10.3 Å². The number of anilines is 1. The van der Waals surface area contributed by atoms with E-state index in [4.69, 9.17) is 0 Å². The van der Waals surface area contributed by atoms with Crippen LogP contribution in [0.4, 0.5) is 5.13 Å². The zero-order chi connectivity index (χ0) is 13.2. The van der Waals surface area contributed by atoms with Gasteiger partial charge in [-0.05, 0) is 31.5 Å². The molecule has 2 heterocycles. The molecule has 0 aliphatic carbocycles. The van der Waals surface area contributed by atoms with Gasteiger partial charge in [0.15, 0.2) is 5.13 Å². The average Bonchev–Trinajstić information content (AvgIpc) is 2.85. The molecule has 0 fully saturated rings. The van der Waals surface area contributed by atoms with Crippen LogP contribution in [-0.2, 0) is 13.0 Å². The van der Waals surface area contributed by atoms with Crippen molar-refractivity contribution in [2.75, 3.05) is 18.5 Å². The second-order valence-electron chi connectivity index (χ2n) is 5.08. The van der Waals surface area contributed by atoms with Crippen LogP contribution in [0.3, 0.4) is 0 Å². The first-order chi connectivity index (χ1) is 9.28. The van der Waals surface area contributed by atoms with Crippen LogP contribution in [0.2, 0.25) is 0 Å². The van der Waals surface area contributed by atoms with E-state index in [2.05, 4.69) is 51.8 Å². The van der Waals surface area contributed by atoms with Gasteiger partial charge in [0.2, 0.25) is 0 Å². The molecule has 1 aromatic heterocycles. The molecule has 0 saturated heterocycles. The van der Waals surface area contributed by atoms with E-state index in [1.807, 2.05) is 7.05 Å². The van der Waals surface area contributed by atoms with E-state index in [0.29, 0.717) is 6.04 Å². The number of benzene rings is 1. The summed E-state index contributed by atoms with van der Waals surface area (Å²) in [6.07, 6.45) is 1.09. The van der Waals surface area contributed by atoms with E-state index in [1.165, 1.54) is 11.1 Å². The molecule has 1 aromatic carbocycles. The monoisotopic (exact) mass is 273 g/mol. The maximum absolute atomic E-state index is 4.66. The minimum atomic E-state index is 0.491. The highest BCUT2D eigenvalue weighted by Gasteiger charge is 2.27. The van der Waals surface area contributed by atoms with Crippen molar-refractivity contribution in [3.05, 3.63) is 46.5 Å². The fraction of sp³-hybridized carbons (Fsp3) is 0.400. The first kappa shape index (κ1) is 12.6. The molecule has 0 bridgehead atoms. The Morgan fingerprint density at radius 3 is 2.84 bits per heavy atom.